The van der Waals surface area contributed by atoms with Gasteiger partial charge in [-0.15, -0.1) is 6.42 Å². The smallest absolute Gasteiger partial charge is 0.222 e. The summed E-state index contributed by atoms with van der Waals surface area (Å²) in [6.07, 6.45) is -37.0. The molecule has 454 valence electrons. The molecular weight excluding hydrogens is 1070 g/mol. The van der Waals surface area contributed by atoms with Crippen molar-refractivity contribution in [2.24, 2.45) is 0 Å². The predicted octanol–water partition coefficient (Wildman–Crippen LogP) is -10.7. The number of nitrogens with zero attached hydrogens (tertiary/aromatic N) is 1. The van der Waals surface area contributed by atoms with Gasteiger partial charge in [-0.25, -0.2) is 0 Å². The minimum absolute atomic E-state index is 0.405. The Morgan fingerprint density at radius 3 is 1.59 bits per heavy atom. The van der Waals surface area contributed by atoms with Gasteiger partial charge < -0.3 is 140 Å². The lowest BCUT2D eigenvalue weighted by atomic mass is 9.88. The maximum Gasteiger partial charge on any atom is 0.222 e. The number of hydrogen-bond donors (Lipinski definition) is 18. The second kappa shape index (κ2) is 28.2. The first-order chi connectivity index (χ1) is 37.0. The number of carbonyl (C=O) groups is 4. The van der Waals surface area contributed by atoms with E-state index in [2.05, 4.69) is 21.9 Å². The number of ether oxygens (including phenoxy) is 9. The van der Waals surface area contributed by atoms with E-state index in [1.807, 2.05) is 0 Å². The lowest BCUT2D eigenvalue weighted by molar-refractivity contribution is -0.401. The molecule has 0 saturated carbocycles. The first-order valence-corrected chi connectivity index (χ1v) is 25.4. The van der Waals surface area contributed by atoms with E-state index in [0.717, 1.165) is 39.5 Å². The summed E-state index contributed by atoms with van der Waals surface area (Å²) < 4.78 is 54.3. The molecule has 0 aromatic heterocycles. The molecule has 0 radical (unpaired) electrons. The molecule has 0 aromatic rings. The van der Waals surface area contributed by atoms with Crippen LogP contribution < -0.4 is 16.0 Å². The van der Waals surface area contributed by atoms with Crippen molar-refractivity contribution in [1.29, 1.82) is 0 Å². The second-order valence-electron chi connectivity index (χ2n) is 20.6. The molecule has 0 aliphatic carbocycles. The van der Waals surface area contributed by atoms with Gasteiger partial charge in [0.2, 0.25) is 23.6 Å². The zero-order chi connectivity index (χ0) is 59.2. The third-order valence-corrected chi connectivity index (χ3v) is 14.2. The highest BCUT2D eigenvalue weighted by Gasteiger charge is 2.59. The molecule has 27 atom stereocenters. The normalized spacial score (nSPS) is 42.4. The molecule has 5 rings (SSSR count). The molecule has 5 saturated heterocycles. The van der Waals surface area contributed by atoms with Crippen LogP contribution in [-0.4, -0.2) is 309 Å². The van der Waals surface area contributed by atoms with Crippen LogP contribution in [0.25, 0.3) is 0 Å². The van der Waals surface area contributed by atoms with Gasteiger partial charge in [-0.3, -0.25) is 19.2 Å². The lowest BCUT2D eigenvalue weighted by Gasteiger charge is -2.53. The van der Waals surface area contributed by atoms with Gasteiger partial charge in [0.05, 0.1) is 63.9 Å². The van der Waals surface area contributed by atoms with Crippen molar-refractivity contribution in [2.45, 2.75) is 219 Å². The number of carbonyl (C=O) groups excluding carboxylic acids is 4. The van der Waals surface area contributed by atoms with Crippen LogP contribution in [0.3, 0.4) is 0 Å². The number of terminal acetylenes is 1. The Balaban J connectivity index is 1.50. The van der Waals surface area contributed by atoms with Gasteiger partial charge in [0.15, 0.2) is 30.4 Å². The van der Waals surface area contributed by atoms with E-state index in [4.69, 9.17) is 49.1 Å². The predicted molar refractivity (Wildman–Crippen MR) is 256 cm³/mol. The molecule has 5 heterocycles. The minimum atomic E-state index is -2.33. The topological polar surface area (TPSA) is 494 Å². The van der Waals surface area contributed by atoms with Crippen molar-refractivity contribution in [3.05, 3.63) is 0 Å². The SMILES string of the molecule is C#CCN(C(C)=O)C1OC(CO)C(OC2OC(CO)C(OC3OC(CO)C(O)C(O)C3NC(C)=O)C(OC3(C)CC(O)C(NC(C)=O)C([C@H](O)[C@H](O)COC4(C)CC(O)C(NC(C)=O)C([C@H](O)[C@H](O)CO)O4)O3)C2O)C(O)C1O. The third-order valence-electron chi connectivity index (χ3n) is 14.2. The summed E-state index contributed by atoms with van der Waals surface area (Å²) >= 11 is 0. The van der Waals surface area contributed by atoms with E-state index in [1.165, 1.54) is 6.92 Å². The molecule has 0 bridgehead atoms. The molecule has 23 unspecified atom stereocenters. The molecule has 32 nitrogen and oxygen atoms in total. The van der Waals surface area contributed by atoms with Crippen LogP contribution in [0.5, 0.6) is 0 Å². The molecule has 4 amide bonds. The summed E-state index contributed by atoms with van der Waals surface area (Å²) in [7, 11) is 0. The van der Waals surface area contributed by atoms with Crippen molar-refractivity contribution in [3.63, 3.8) is 0 Å². The molecule has 79 heavy (non-hydrogen) atoms. The van der Waals surface area contributed by atoms with Gasteiger partial charge in [0, 0.05) is 40.5 Å². The highest BCUT2D eigenvalue weighted by atomic mass is 16.8. The number of hydrogen-bond acceptors (Lipinski definition) is 28. The first-order valence-electron chi connectivity index (χ1n) is 25.4. The maximum absolute atomic E-state index is 12.6. The molecule has 18 N–H and O–H groups in total. The van der Waals surface area contributed by atoms with Gasteiger partial charge in [-0.05, 0) is 13.8 Å². The van der Waals surface area contributed by atoms with Crippen LogP contribution >= 0.6 is 0 Å². The fraction of sp³-hybridized carbons (Fsp3) is 0.872. The van der Waals surface area contributed by atoms with Crippen LogP contribution in [0.15, 0.2) is 0 Å². The fourth-order valence-corrected chi connectivity index (χ4v) is 10.3. The average molecular weight is 1150 g/mol. The zero-order valence-corrected chi connectivity index (χ0v) is 44.1. The highest BCUT2D eigenvalue weighted by Crippen LogP contribution is 2.40. The molecule has 0 aromatic carbocycles. The molecule has 5 fully saturated rings. The summed E-state index contributed by atoms with van der Waals surface area (Å²) in [5, 5.41) is 172. The monoisotopic (exact) mass is 1150 g/mol. The Morgan fingerprint density at radius 1 is 0.608 bits per heavy atom. The maximum atomic E-state index is 12.6. The summed E-state index contributed by atoms with van der Waals surface area (Å²) in [5.74, 6) is -4.99. The summed E-state index contributed by atoms with van der Waals surface area (Å²) in [6, 6.07) is -4.58. The van der Waals surface area contributed by atoms with Crippen molar-refractivity contribution in [3.8, 4) is 12.3 Å². The molecule has 0 spiro atoms. The van der Waals surface area contributed by atoms with Crippen LogP contribution in [0.1, 0.15) is 54.4 Å². The summed E-state index contributed by atoms with van der Waals surface area (Å²) in [4.78, 5) is 50.4. The lowest BCUT2D eigenvalue weighted by Crippen LogP contribution is -2.71. The van der Waals surface area contributed by atoms with Gasteiger partial charge >= 0.3 is 0 Å². The zero-order valence-electron chi connectivity index (χ0n) is 44.1. The molecular formula is C47H78N4O28. The second-order valence-corrected chi connectivity index (χ2v) is 20.6. The molecule has 5 aliphatic heterocycles. The van der Waals surface area contributed by atoms with Crippen molar-refractivity contribution >= 4 is 23.6 Å². The Kier molecular flexibility index (Phi) is 23.6. The summed E-state index contributed by atoms with van der Waals surface area (Å²) in [6.45, 7) is 1.49. The van der Waals surface area contributed by atoms with E-state index < -0.39 is 241 Å². The minimum Gasteiger partial charge on any atom is -0.394 e. The Hall–Kier alpha value is -3.52. The van der Waals surface area contributed by atoms with Crippen LogP contribution in [0.2, 0.25) is 0 Å². The van der Waals surface area contributed by atoms with Crippen molar-refractivity contribution < 1.29 is 138 Å². The molecule has 5 aliphatic rings. The standard InChI is InChI=1S/C47H78N4O28/c1-8-9-51(20(5)59)43-36(69)35(68)38(26(14-54)72-43)75-45-37(70)42(39(27(15-55)74-45)76-44-30(50-19(4)58)34(67)33(66)25(13-53)73-44)79-47(7)11-22(61)29(49-18(3)57)41(78-47)32(65)24(63)16-71-46(6)10-21(60)28(48-17(2)56)40(77-46)31(64)23(62)12-52/h1,21-45,52-55,60-70H,9-16H2,2-7H3,(H,48,56)(H,49,57)(H,50,58)/t21?,22?,23-,24-,25?,26?,27?,28?,29?,30?,31-,32-,33?,34?,35?,36?,37?,38?,39?,40?,41?,42?,43?,44?,45?,46?,47?/m1/s1. The number of amides is 4. The largest absolute Gasteiger partial charge is 0.394 e. The van der Waals surface area contributed by atoms with E-state index in [0.29, 0.717) is 0 Å². The number of aliphatic hydroxyl groups excluding tert-OH is 15. The Bertz CT molecular complexity index is 2060. The van der Waals surface area contributed by atoms with Crippen LogP contribution in [0.4, 0.5) is 0 Å². The third kappa shape index (κ3) is 15.6. The highest BCUT2D eigenvalue weighted by molar-refractivity contribution is 5.74. The van der Waals surface area contributed by atoms with E-state index in [1.54, 1.807) is 0 Å². The first kappa shape index (κ1) is 66.3. The van der Waals surface area contributed by atoms with E-state index in [-0.39, 0.29) is 0 Å². The van der Waals surface area contributed by atoms with Crippen LogP contribution in [-0.2, 0) is 61.8 Å². The van der Waals surface area contributed by atoms with Gasteiger partial charge in [-0.2, -0.15) is 0 Å². The van der Waals surface area contributed by atoms with E-state index in [9.17, 15) is 95.8 Å². The molecule has 32 heteroatoms. The Morgan fingerprint density at radius 2 is 1.09 bits per heavy atom. The van der Waals surface area contributed by atoms with Crippen molar-refractivity contribution in [2.75, 3.05) is 39.6 Å². The van der Waals surface area contributed by atoms with E-state index >= 15 is 0 Å². The van der Waals surface area contributed by atoms with Gasteiger partial charge in [-0.1, -0.05) is 5.92 Å². The number of aliphatic hydroxyl groups is 15. The quantitative estimate of drug-likeness (QED) is 0.0448. The van der Waals surface area contributed by atoms with Gasteiger partial charge in [0.1, 0.15) is 110 Å². The van der Waals surface area contributed by atoms with Gasteiger partial charge in [0.25, 0.3) is 0 Å². The Labute approximate surface area is 452 Å². The number of nitrogens with one attached hydrogen (secondary N) is 3. The summed E-state index contributed by atoms with van der Waals surface area (Å²) in [5.41, 5.74) is 0. The van der Waals surface area contributed by atoms with Crippen molar-refractivity contribution in [1.82, 2.24) is 20.9 Å². The number of rotatable bonds is 22. The average Bonchev–Trinajstić information content (AvgIpc) is 3.45. The van der Waals surface area contributed by atoms with Crippen LogP contribution in [0, 0.1) is 12.3 Å². The fourth-order valence-electron chi connectivity index (χ4n) is 10.3.